The van der Waals surface area contributed by atoms with Crippen molar-refractivity contribution in [1.29, 1.82) is 0 Å². The smallest absolute Gasteiger partial charge is 0.277 e. The van der Waals surface area contributed by atoms with Crippen LogP contribution in [-0.4, -0.2) is 17.4 Å². The largest absolute Gasteiger partial charge is 0.488 e. The van der Waals surface area contributed by atoms with Crippen LogP contribution in [0.15, 0.2) is 107 Å². The third kappa shape index (κ3) is 3.32. The summed E-state index contributed by atoms with van der Waals surface area (Å²) in [5, 5.41) is 7.17. The fraction of sp³-hybridized carbons (Fsp3) is 0.107. The van der Waals surface area contributed by atoms with E-state index in [1.807, 2.05) is 60.7 Å². The predicted octanol–water partition coefficient (Wildman–Crippen LogP) is 4.94. The van der Waals surface area contributed by atoms with Crippen molar-refractivity contribution in [1.82, 2.24) is 0 Å². The van der Waals surface area contributed by atoms with E-state index in [1.54, 1.807) is 30.3 Å². The van der Waals surface area contributed by atoms with Crippen LogP contribution in [0.25, 0.3) is 0 Å². The van der Waals surface area contributed by atoms with Crippen molar-refractivity contribution >= 4 is 23.1 Å². The Labute approximate surface area is 201 Å². The lowest BCUT2D eigenvalue weighted by Crippen LogP contribution is -2.46. The van der Waals surface area contributed by atoms with Crippen LogP contribution in [0.4, 0.5) is 5.69 Å². The average molecular weight is 464 g/mol. The highest BCUT2D eigenvalue weighted by atomic mass is 16.7. The summed E-state index contributed by atoms with van der Waals surface area (Å²) in [6.07, 6.45) is 1.42. The molecule has 3 aromatic carbocycles. The first-order chi connectivity index (χ1) is 17.2. The molecule has 7 heteroatoms. The Bertz CT molecular complexity index is 1450. The van der Waals surface area contributed by atoms with Crippen LogP contribution in [0, 0.1) is 5.92 Å². The van der Waals surface area contributed by atoms with Crippen LogP contribution >= 0.6 is 0 Å². The van der Waals surface area contributed by atoms with E-state index in [2.05, 4.69) is 10.5 Å². The van der Waals surface area contributed by atoms with Gasteiger partial charge in [0.05, 0.1) is 6.26 Å². The SMILES string of the molecule is O=C(c1ccco1)[C@H]1C(c2ccccc2OCc2ccccc2)=NO[C@]12C(=O)Nc1ccccc12. The molecule has 1 amide bonds. The van der Waals surface area contributed by atoms with Crippen molar-refractivity contribution in [2.24, 2.45) is 11.1 Å². The molecule has 0 bridgehead atoms. The molecule has 0 fully saturated rings. The number of ketones is 1. The zero-order valence-corrected chi connectivity index (χ0v) is 18.5. The summed E-state index contributed by atoms with van der Waals surface area (Å²) in [5.74, 6) is -1.30. The highest BCUT2D eigenvalue weighted by molar-refractivity contribution is 6.24. The van der Waals surface area contributed by atoms with E-state index in [4.69, 9.17) is 14.0 Å². The molecule has 0 saturated carbocycles. The quantitative estimate of drug-likeness (QED) is 0.408. The van der Waals surface area contributed by atoms with Crippen molar-refractivity contribution in [3.63, 3.8) is 0 Å². The van der Waals surface area contributed by atoms with E-state index in [0.717, 1.165) is 5.56 Å². The number of benzene rings is 3. The lowest BCUT2D eigenvalue weighted by molar-refractivity contribution is -0.140. The lowest BCUT2D eigenvalue weighted by Gasteiger charge is -2.26. The number of fused-ring (bicyclic) bond motifs is 2. The van der Waals surface area contributed by atoms with Crippen LogP contribution in [-0.2, 0) is 21.8 Å². The van der Waals surface area contributed by atoms with Gasteiger partial charge in [0.1, 0.15) is 24.0 Å². The second-order valence-corrected chi connectivity index (χ2v) is 8.35. The maximum Gasteiger partial charge on any atom is 0.277 e. The van der Waals surface area contributed by atoms with Gasteiger partial charge < -0.3 is 19.3 Å². The Morgan fingerprint density at radius 1 is 0.943 bits per heavy atom. The van der Waals surface area contributed by atoms with Crippen molar-refractivity contribution in [2.45, 2.75) is 12.2 Å². The predicted molar refractivity (Wildman–Crippen MR) is 128 cm³/mol. The summed E-state index contributed by atoms with van der Waals surface area (Å²) in [4.78, 5) is 33.1. The normalized spacial score (nSPS) is 20.2. The number of carbonyl (C=O) groups excluding carboxylic acids is 2. The van der Waals surface area contributed by atoms with Gasteiger partial charge in [-0.2, -0.15) is 0 Å². The molecule has 6 rings (SSSR count). The van der Waals surface area contributed by atoms with Gasteiger partial charge in [-0.15, -0.1) is 0 Å². The number of oxime groups is 1. The van der Waals surface area contributed by atoms with Crippen LogP contribution < -0.4 is 10.1 Å². The minimum atomic E-state index is -1.65. The number of amides is 1. The highest BCUT2D eigenvalue weighted by Gasteiger charge is 2.64. The molecular weight excluding hydrogens is 444 g/mol. The molecule has 2 atom stereocenters. The van der Waals surface area contributed by atoms with Crippen LogP contribution in [0.1, 0.15) is 27.2 Å². The first-order valence-corrected chi connectivity index (χ1v) is 11.2. The lowest BCUT2D eigenvalue weighted by atomic mass is 9.75. The Balaban J connectivity index is 1.45. The summed E-state index contributed by atoms with van der Waals surface area (Å²) in [6.45, 7) is 0.331. The molecule has 0 saturated heterocycles. The number of rotatable bonds is 6. The first-order valence-electron chi connectivity index (χ1n) is 11.2. The van der Waals surface area contributed by atoms with Crippen molar-refractivity contribution < 1.29 is 23.6 Å². The molecule has 0 aliphatic carbocycles. The number of hydrogen-bond acceptors (Lipinski definition) is 6. The van der Waals surface area contributed by atoms with E-state index in [-0.39, 0.29) is 5.76 Å². The van der Waals surface area contributed by atoms with E-state index in [0.29, 0.717) is 34.9 Å². The summed E-state index contributed by atoms with van der Waals surface area (Å²) in [7, 11) is 0. The summed E-state index contributed by atoms with van der Waals surface area (Å²) in [6, 6.07) is 27.4. The molecule has 1 aromatic heterocycles. The number of hydrogen-bond donors (Lipinski definition) is 1. The Hall–Kier alpha value is -4.65. The number of nitrogens with zero attached hydrogens (tertiary/aromatic N) is 1. The van der Waals surface area contributed by atoms with Crippen molar-refractivity contribution in [3.8, 4) is 5.75 Å². The van der Waals surface area contributed by atoms with E-state index in [1.165, 1.54) is 6.26 Å². The standard InChI is InChI=1S/C28H20N2O5/c31-26(23-15-8-16-33-23)24-25(30-35-28(24)20-12-5-6-13-21(20)29-27(28)32)19-11-4-7-14-22(19)34-17-18-9-2-1-3-10-18/h1-16,24H,17H2,(H,29,32)/t24-,28+/m1/s1. The first kappa shape index (κ1) is 20.9. The van der Waals surface area contributed by atoms with Gasteiger partial charge in [-0.1, -0.05) is 65.8 Å². The number of anilines is 1. The number of nitrogens with one attached hydrogen (secondary N) is 1. The van der Waals surface area contributed by atoms with Gasteiger partial charge in [-0.25, -0.2) is 0 Å². The van der Waals surface area contributed by atoms with Gasteiger partial charge >= 0.3 is 0 Å². The second kappa shape index (κ2) is 8.29. The van der Waals surface area contributed by atoms with Gasteiger partial charge in [-0.05, 0) is 35.9 Å². The molecule has 1 spiro atoms. The van der Waals surface area contributed by atoms with Gasteiger partial charge in [0.2, 0.25) is 5.78 Å². The monoisotopic (exact) mass is 464 g/mol. The van der Waals surface area contributed by atoms with E-state index in [9.17, 15) is 9.59 Å². The van der Waals surface area contributed by atoms with Crippen LogP contribution in [0.3, 0.4) is 0 Å². The average Bonchev–Trinajstić information content (AvgIpc) is 3.63. The molecule has 0 unspecified atom stereocenters. The third-order valence-electron chi connectivity index (χ3n) is 6.31. The molecule has 7 nitrogen and oxygen atoms in total. The molecule has 0 radical (unpaired) electrons. The summed E-state index contributed by atoms with van der Waals surface area (Å²) >= 11 is 0. The van der Waals surface area contributed by atoms with Gasteiger partial charge in [0.15, 0.2) is 5.76 Å². The van der Waals surface area contributed by atoms with Gasteiger partial charge in [0.25, 0.3) is 11.5 Å². The van der Waals surface area contributed by atoms with Gasteiger partial charge in [0, 0.05) is 16.8 Å². The third-order valence-corrected chi connectivity index (χ3v) is 6.31. The van der Waals surface area contributed by atoms with E-state index < -0.39 is 23.2 Å². The maximum absolute atomic E-state index is 13.8. The molecule has 2 aliphatic heterocycles. The number of ether oxygens (including phenoxy) is 1. The Kier molecular flexibility index (Phi) is 4.95. The van der Waals surface area contributed by atoms with Gasteiger partial charge in [-0.3, -0.25) is 9.59 Å². The molecule has 3 heterocycles. The summed E-state index contributed by atoms with van der Waals surface area (Å²) < 4.78 is 11.6. The number of Topliss-reactive ketones (excluding diaryl/α,β-unsaturated/α-hetero) is 1. The minimum absolute atomic E-state index is 0.118. The molecule has 1 N–H and O–H groups in total. The van der Waals surface area contributed by atoms with Crippen LogP contribution in [0.2, 0.25) is 0 Å². The second-order valence-electron chi connectivity index (χ2n) is 8.35. The van der Waals surface area contributed by atoms with Crippen LogP contribution in [0.5, 0.6) is 5.75 Å². The number of para-hydroxylation sites is 2. The van der Waals surface area contributed by atoms with Crippen molar-refractivity contribution in [3.05, 3.63) is 120 Å². The zero-order valence-electron chi connectivity index (χ0n) is 18.5. The van der Waals surface area contributed by atoms with E-state index >= 15 is 0 Å². The van der Waals surface area contributed by atoms with Crippen molar-refractivity contribution in [2.75, 3.05) is 5.32 Å². The maximum atomic E-state index is 13.8. The molecule has 4 aromatic rings. The highest BCUT2D eigenvalue weighted by Crippen LogP contribution is 2.50. The molecule has 172 valence electrons. The number of carbonyl (C=O) groups is 2. The number of furan rings is 1. The topological polar surface area (TPSA) is 90.1 Å². The molecule has 2 aliphatic rings. The molecule has 35 heavy (non-hydrogen) atoms. The molecular formula is C28H20N2O5. The summed E-state index contributed by atoms with van der Waals surface area (Å²) in [5.41, 5.74) is 1.36. The fourth-order valence-electron chi connectivity index (χ4n) is 4.66. The Morgan fingerprint density at radius 2 is 1.71 bits per heavy atom. The zero-order chi connectivity index (χ0) is 23.8. The fourth-order valence-corrected chi connectivity index (χ4v) is 4.66. The minimum Gasteiger partial charge on any atom is -0.488 e. The Morgan fingerprint density at radius 3 is 2.54 bits per heavy atom.